The fraction of sp³-hybridized carbons (Fsp3) is 0.0714. The Morgan fingerprint density at radius 1 is 1.32 bits per heavy atom. The van der Waals surface area contributed by atoms with E-state index in [0.717, 1.165) is 23.5 Å². The van der Waals surface area contributed by atoms with Crippen LogP contribution in [0.25, 0.3) is 5.69 Å². The number of halogens is 2. The molecule has 3 aromatic rings. The van der Waals surface area contributed by atoms with Crippen LogP contribution < -0.4 is 10.1 Å². The molecule has 0 saturated carbocycles. The van der Waals surface area contributed by atoms with Crippen molar-refractivity contribution in [2.75, 3.05) is 5.32 Å². The zero-order chi connectivity index (χ0) is 15.1. The van der Waals surface area contributed by atoms with E-state index in [1.54, 1.807) is 18.3 Å². The number of rotatable bonds is 2. The molecule has 2 aromatic heterocycles. The first-order valence-electron chi connectivity index (χ1n) is 6.45. The summed E-state index contributed by atoms with van der Waals surface area (Å²) >= 11 is 5.69. The largest absolute Gasteiger partial charge is 0.483 e. The van der Waals surface area contributed by atoms with Gasteiger partial charge in [-0.25, -0.2) is 14.4 Å². The standard InChI is InChI=1S/C14H9ClFN5O/c15-14-18-6-9(16)13(20-14)19-8-1-2-11-10(5-8)21-4-3-17-12(21)7-22-11/h1-6H,7H2,(H,18,19,20). The molecule has 0 spiro atoms. The Morgan fingerprint density at radius 2 is 2.23 bits per heavy atom. The van der Waals surface area contributed by atoms with Crippen molar-refractivity contribution >= 4 is 23.1 Å². The van der Waals surface area contributed by atoms with Gasteiger partial charge in [-0.1, -0.05) is 0 Å². The maximum atomic E-state index is 13.7. The van der Waals surface area contributed by atoms with Crippen LogP contribution in [0.3, 0.4) is 0 Å². The molecule has 0 saturated heterocycles. The molecule has 6 nitrogen and oxygen atoms in total. The Kier molecular flexibility index (Phi) is 2.93. The van der Waals surface area contributed by atoms with E-state index in [1.165, 1.54) is 0 Å². The fourth-order valence-electron chi connectivity index (χ4n) is 2.28. The van der Waals surface area contributed by atoms with Crippen molar-refractivity contribution in [3.8, 4) is 11.4 Å². The van der Waals surface area contributed by atoms with Crippen LogP contribution >= 0.6 is 11.6 Å². The van der Waals surface area contributed by atoms with Gasteiger partial charge in [0, 0.05) is 18.1 Å². The molecule has 0 aliphatic carbocycles. The first-order chi connectivity index (χ1) is 10.7. The van der Waals surface area contributed by atoms with Gasteiger partial charge in [0.1, 0.15) is 12.4 Å². The van der Waals surface area contributed by atoms with Gasteiger partial charge in [-0.15, -0.1) is 0 Å². The van der Waals surface area contributed by atoms with Crippen LogP contribution in [0.15, 0.2) is 36.8 Å². The van der Waals surface area contributed by atoms with E-state index in [0.29, 0.717) is 12.3 Å². The van der Waals surface area contributed by atoms with E-state index in [4.69, 9.17) is 16.3 Å². The summed E-state index contributed by atoms with van der Waals surface area (Å²) in [4.78, 5) is 11.6. The van der Waals surface area contributed by atoms with Gasteiger partial charge in [0.05, 0.1) is 11.9 Å². The van der Waals surface area contributed by atoms with Crippen LogP contribution in [-0.2, 0) is 6.61 Å². The van der Waals surface area contributed by atoms with Crippen LogP contribution in [0, 0.1) is 5.82 Å². The Hall–Kier alpha value is -2.67. The molecule has 0 amide bonds. The number of nitrogens with one attached hydrogen (secondary N) is 1. The van der Waals surface area contributed by atoms with Gasteiger partial charge in [0.15, 0.2) is 17.5 Å². The maximum Gasteiger partial charge on any atom is 0.224 e. The number of aromatic nitrogens is 4. The maximum absolute atomic E-state index is 13.7. The third kappa shape index (κ3) is 2.15. The third-order valence-corrected chi connectivity index (χ3v) is 3.45. The number of ether oxygens (including phenoxy) is 1. The monoisotopic (exact) mass is 317 g/mol. The number of benzene rings is 1. The highest BCUT2D eigenvalue weighted by atomic mass is 35.5. The molecule has 1 aromatic carbocycles. The zero-order valence-electron chi connectivity index (χ0n) is 11.1. The lowest BCUT2D eigenvalue weighted by molar-refractivity contribution is 0.280. The molecular formula is C14H9ClFN5O. The summed E-state index contributed by atoms with van der Waals surface area (Å²) in [6.07, 6.45) is 4.58. The SMILES string of the molecule is Fc1cnc(Cl)nc1Nc1ccc2c(c1)-n1ccnc1CO2. The Balaban J connectivity index is 1.73. The van der Waals surface area contributed by atoms with Crippen molar-refractivity contribution < 1.29 is 9.13 Å². The van der Waals surface area contributed by atoms with E-state index in [1.807, 2.05) is 16.8 Å². The van der Waals surface area contributed by atoms with E-state index >= 15 is 0 Å². The molecule has 1 aliphatic heterocycles. The highest BCUT2D eigenvalue weighted by Crippen LogP contribution is 2.32. The predicted molar refractivity (Wildman–Crippen MR) is 78.2 cm³/mol. The van der Waals surface area contributed by atoms with Crippen molar-refractivity contribution in [3.05, 3.63) is 53.7 Å². The number of hydrogen-bond acceptors (Lipinski definition) is 5. The average molecular weight is 318 g/mol. The molecule has 0 bridgehead atoms. The van der Waals surface area contributed by atoms with Crippen molar-refractivity contribution in [3.63, 3.8) is 0 Å². The van der Waals surface area contributed by atoms with Crippen LogP contribution in [0.1, 0.15) is 5.82 Å². The molecule has 0 fully saturated rings. The van der Waals surface area contributed by atoms with Crippen molar-refractivity contribution in [2.45, 2.75) is 6.61 Å². The number of imidazole rings is 1. The Bertz CT molecular complexity index is 866. The topological polar surface area (TPSA) is 64.9 Å². The predicted octanol–water partition coefficient (Wildman–Crippen LogP) is 3.09. The van der Waals surface area contributed by atoms with Crippen LogP contribution in [-0.4, -0.2) is 19.5 Å². The minimum Gasteiger partial charge on any atom is -0.483 e. The van der Waals surface area contributed by atoms with E-state index in [2.05, 4.69) is 20.3 Å². The van der Waals surface area contributed by atoms with Crippen molar-refractivity contribution in [1.29, 1.82) is 0 Å². The Morgan fingerprint density at radius 3 is 3.14 bits per heavy atom. The second kappa shape index (κ2) is 4.96. The quantitative estimate of drug-likeness (QED) is 0.736. The molecule has 1 N–H and O–H groups in total. The summed E-state index contributed by atoms with van der Waals surface area (Å²) in [6.45, 7) is 0.420. The molecule has 1 aliphatic rings. The first kappa shape index (κ1) is 13.0. The van der Waals surface area contributed by atoms with Gasteiger partial charge < -0.3 is 10.1 Å². The lowest BCUT2D eigenvalue weighted by atomic mass is 10.2. The fourth-order valence-corrected chi connectivity index (χ4v) is 2.41. The van der Waals surface area contributed by atoms with Gasteiger partial charge in [0.25, 0.3) is 0 Å². The van der Waals surface area contributed by atoms with Gasteiger partial charge >= 0.3 is 0 Å². The second-order valence-corrected chi connectivity index (χ2v) is 4.98. The smallest absolute Gasteiger partial charge is 0.224 e. The summed E-state index contributed by atoms with van der Waals surface area (Å²) in [6, 6.07) is 5.41. The van der Waals surface area contributed by atoms with Gasteiger partial charge in [-0.05, 0) is 29.8 Å². The highest BCUT2D eigenvalue weighted by Gasteiger charge is 2.18. The molecule has 3 heterocycles. The van der Waals surface area contributed by atoms with Crippen LogP contribution in [0.5, 0.6) is 5.75 Å². The van der Waals surface area contributed by atoms with Crippen LogP contribution in [0.2, 0.25) is 5.28 Å². The minimum atomic E-state index is -0.582. The van der Waals surface area contributed by atoms with E-state index in [9.17, 15) is 4.39 Å². The number of fused-ring (bicyclic) bond motifs is 3. The van der Waals surface area contributed by atoms with Gasteiger partial charge in [0.2, 0.25) is 5.28 Å². The van der Waals surface area contributed by atoms with Crippen LogP contribution in [0.4, 0.5) is 15.9 Å². The van der Waals surface area contributed by atoms with Crippen molar-refractivity contribution in [1.82, 2.24) is 19.5 Å². The molecule has 0 radical (unpaired) electrons. The summed E-state index contributed by atoms with van der Waals surface area (Å²) in [5.41, 5.74) is 1.47. The summed E-state index contributed by atoms with van der Waals surface area (Å²) in [5.74, 6) is 0.974. The molecule has 4 rings (SSSR count). The number of nitrogens with zero attached hydrogens (tertiary/aromatic N) is 4. The number of anilines is 2. The lowest BCUT2D eigenvalue weighted by Gasteiger charge is -2.20. The second-order valence-electron chi connectivity index (χ2n) is 4.65. The summed E-state index contributed by atoms with van der Waals surface area (Å²) in [7, 11) is 0. The molecular weight excluding hydrogens is 309 g/mol. The molecule has 0 atom stereocenters. The molecule has 110 valence electrons. The normalized spacial score (nSPS) is 12.3. The molecule has 0 unspecified atom stereocenters. The lowest BCUT2D eigenvalue weighted by Crippen LogP contribution is -2.12. The summed E-state index contributed by atoms with van der Waals surface area (Å²) < 4.78 is 21.2. The van der Waals surface area contributed by atoms with Gasteiger partial charge in [-0.3, -0.25) is 4.57 Å². The number of hydrogen-bond donors (Lipinski definition) is 1. The highest BCUT2D eigenvalue weighted by molar-refractivity contribution is 6.28. The molecule has 8 heteroatoms. The van der Waals surface area contributed by atoms with E-state index < -0.39 is 5.82 Å². The van der Waals surface area contributed by atoms with Gasteiger partial charge in [-0.2, -0.15) is 4.98 Å². The first-order valence-corrected chi connectivity index (χ1v) is 6.83. The zero-order valence-corrected chi connectivity index (χ0v) is 11.9. The third-order valence-electron chi connectivity index (χ3n) is 3.27. The van der Waals surface area contributed by atoms with Crippen molar-refractivity contribution in [2.24, 2.45) is 0 Å². The minimum absolute atomic E-state index is 0.0162. The Labute approximate surface area is 129 Å². The summed E-state index contributed by atoms with van der Waals surface area (Å²) in [5, 5.41) is 2.86. The average Bonchev–Trinajstić information content (AvgIpc) is 3.00. The van der Waals surface area contributed by atoms with E-state index in [-0.39, 0.29) is 11.1 Å². The molecule has 22 heavy (non-hydrogen) atoms.